The van der Waals surface area contributed by atoms with Gasteiger partial charge in [-0.25, -0.2) is 0 Å². The van der Waals surface area contributed by atoms with Gasteiger partial charge in [0.2, 0.25) is 0 Å². The fourth-order valence-corrected chi connectivity index (χ4v) is 3.42. The summed E-state index contributed by atoms with van der Waals surface area (Å²) in [6.45, 7) is 0.655. The molecule has 1 saturated heterocycles. The molecule has 0 aromatic heterocycles. The van der Waals surface area contributed by atoms with Gasteiger partial charge in [-0.15, -0.1) is 0 Å². The number of ether oxygens (including phenoxy) is 2. The number of amides is 1. The van der Waals surface area contributed by atoms with Crippen molar-refractivity contribution >= 4 is 17.5 Å². The Morgan fingerprint density at radius 2 is 2.00 bits per heavy atom. The van der Waals surface area contributed by atoms with E-state index in [4.69, 9.17) is 21.1 Å². The summed E-state index contributed by atoms with van der Waals surface area (Å²) in [6.07, 6.45) is 1.75. The van der Waals surface area contributed by atoms with Crippen molar-refractivity contribution in [1.29, 1.82) is 0 Å². The molecule has 132 valence electrons. The predicted octanol–water partition coefficient (Wildman–Crippen LogP) is 4.04. The average Bonchev–Trinajstić information content (AvgIpc) is 3.12. The third-order valence-electron chi connectivity index (χ3n) is 4.50. The first-order valence-electron chi connectivity index (χ1n) is 8.06. The molecule has 0 unspecified atom stereocenters. The second-order valence-electron chi connectivity index (χ2n) is 5.93. The zero-order valence-electron chi connectivity index (χ0n) is 14.2. The molecule has 1 fully saturated rings. The molecule has 0 saturated carbocycles. The van der Waals surface area contributed by atoms with Gasteiger partial charge in [-0.1, -0.05) is 11.6 Å². The standard InChI is InChI=1S/C19H20ClNO4/c1-24-13-6-8-18(25-2)14(11-13)16-4-3-9-21(16)19(23)12-5-7-17(22)15(20)10-12/h5-8,10-11,16,22H,3-4,9H2,1-2H3/t16-/m0/s1. The number of carbonyl (C=O) groups is 1. The van der Waals surface area contributed by atoms with Gasteiger partial charge in [0.1, 0.15) is 17.2 Å². The van der Waals surface area contributed by atoms with E-state index in [0.717, 1.165) is 29.9 Å². The second kappa shape index (κ2) is 7.23. The summed E-state index contributed by atoms with van der Waals surface area (Å²) >= 11 is 5.95. The number of nitrogens with zero attached hydrogens (tertiary/aromatic N) is 1. The van der Waals surface area contributed by atoms with Gasteiger partial charge >= 0.3 is 0 Å². The molecule has 0 radical (unpaired) electrons. The van der Waals surface area contributed by atoms with Crippen LogP contribution in [0.25, 0.3) is 0 Å². The zero-order valence-corrected chi connectivity index (χ0v) is 14.9. The molecule has 0 bridgehead atoms. The van der Waals surface area contributed by atoms with E-state index in [1.165, 1.54) is 12.1 Å². The Kier molecular flexibility index (Phi) is 5.04. The number of halogens is 1. The van der Waals surface area contributed by atoms with Crippen molar-refractivity contribution in [1.82, 2.24) is 4.90 Å². The summed E-state index contributed by atoms with van der Waals surface area (Å²) in [5.74, 6) is 1.30. The summed E-state index contributed by atoms with van der Waals surface area (Å²) in [6, 6.07) is 10.0. The molecular formula is C19H20ClNO4. The lowest BCUT2D eigenvalue weighted by Crippen LogP contribution is -2.30. The highest BCUT2D eigenvalue weighted by Crippen LogP contribution is 2.39. The Morgan fingerprint density at radius 3 is 2.68 bits per heavy atom. The maximum Gasteiger partial charge on any atom is 0.254 e. The number of likely N-dealkylation sites (tertiary alicyclic amines) is 1. The Hall–Kier alpha value is -2.40. The minimum atomic E-state index is -0.116. The highest BCUT2D eigenvalue weighted by Gasteiger charge is 2.33. The summed E-state index contributed by atoms with van der Waals surface area (Å²) in [5, 5.41) is 9.73. The molecule has 0 aliphatic carbocycles. The number of hydrogen-bond acceptors (Lipinski definition) is 4. The quantitative estimate of drug-likeness (QED) is 0.892. The largest absolute Gasteiger partial charge is 0.506 e. The van der Waals surface area contributed by atoms with Crippen molar-refractivity contribution in [3.8, 4) is 17.2 Å². The second-order valence-corrected chi connectivity index (χ2v) is 6.34. The summed E-state index contributed by atoms with van der Waals surface area (Å²) in [7, 11) is 3.23. The fraction of sp³-hybridized carbons (Fsp3) is 0.316. The molecule has 3 rings (SSSR count). The van der Waals surface area contributed by atoms with Crippen LogP contribution in [0.3, 0.4) is 0 Å². The predicted molar refractivity (Wildman–Crippen MR) is 95.7 cm³/mol. The Balaban J connectivity index is 1.95. The maximum atomic E-state index is 13.0. The monoisotopic (exact) mass is 361 g/mol. The molecule has 0 spiro atoms. The van der Waals surface area contributed by atoms with Crippen LogP contribution in [-0.2, 0) is 0 Å². The summed E-state index contributed by atoms with van der Waals surface area (Å²) < 4.78 is 10.8. The number of phenols is 1. The topological polar surface area (TPSA) is 59.0 Å². The zero-order chi connectivity index (χ0) is 18.0. The van der Waals surface area contributed by atoms with E-state index in [-0.39, 0.29) is 22.7 Å². The van der Waals surface area contributed by atoms with Crippen LogP contribution in [0.5, 0.6) is 17.2 Å². The molecule has 25 heavy (non-hydrogen) atoms. The van der Waals surface area contributed by atoms with Gasteiger partial charge in [-0.2, -0.15) is 0 Å². The Bertz CT molecular complexity index is 793. The number of benzene rings is 2. The molecule has 1 heterocycles. The number of phenolic OH excluding ortho intramolecular Hbond substituents is 1. The third-order valence-corrected chi connectivity index (χ3v) is 4.81. The minimum absolute atomic E-state index is 0.0364. The van der Waals surface area contributed by atoms with Crippen LogP contribution in [0.1, 0.15) is 34.8 Å². The molecule has 2 aromatic carbocycles. The van der Waals surface area contributed by atoms with Crippen LogP contribution >= 0.6 is 11.6 Å². The van der Waals surface area contributed by atoms with Crippen LogP contribution in [0, 0.1) is 0 Å². The van der Waals surface area contributed by atoms with E-state index in [9.17, 15) is 9.90 Å². The smallest absolute Gasteiger partial charge is 0.254 e. The highest BCUT2D eigenvalue weighted by molar-refractivity contribution is 6.32. The molecule has 1 aliphatic rings. The van der Waals surface area contributed by atoms with E-state index in [1.807, 2.05) is 23.1 Å². The van der Waals surface area contributed by atoms with E-state index < -0.39 is 0 Å². The molecule has 1 amide bonds. The lowest BCUT2D eigenvalue weighted by Gasteiger charge is -2.27. The SMILES string of the molecule is COc1ccc(OC)c([C@@H]2CCCN2C(=O)c2ccc(O)c(Cl)c2)c1. The van der Waals surface area contributed by atoms with Crippen LogP contribution in [-0.4, -0.2) is 36.7 Å². The molecule has 1 atom stereocenters. The molecule has 1 N–H and O–H groups in total. The van der Waals surface area contributed by atoms with Gasteiger partial charge in [0, 0.05) is 17.7 Å². The summed E-state index contributed by atoms with van der Waals surface area (Å²) in [5.41, 5.74) is 1.38. The van der Waals surface area contributed by atoms with Crippen LogP contribution in [0.2, 0.25) is 5.02 Å². The normalized spacial score (nSPS) is 16.8. The number of rotatable bonds is 4. The van der Waals surface area contributed by atoms with Crippen molar-refractivity contribution in [2.75, 3.05) is 20.8 Å². The first-order chi connectivity index (χ1) is 12.0. The van der Waals surface area contributed by atoms with Crippen molar-refractivity contribution in [3.63, 3.8) is 0 Å². The highest BCUT2D eigenvalue weighted by atomic mass is 35.5. The Morgan fingerprint density at radius 1 is 1.20 bits per heavy atom. The first-order valence-corrected chi connectivity index (χ1v) is 8.44. The maximum absolute atomic E-state index is 13.0. The lowest BCUT2D eigenvalue weighted by molar-refractivity contribution is 0.0734. The van der Waals surface area contributed by atoms with Gasteiger partial charge in [-0.05, 0) is 49.2 Å². The van der Waals surface area contributed by atoms with Crippen LogP contribution < -0.4 is 9.47 Å². The average molecular weight is 362 g/mol. The van der Waals surface area contributed by atoms with Crippen molar-refractivity contribution in [2.24, 2.45) is 0 Å². The van der Waals surface area contributed by atoms with E-state index in [2.05, 4.69) is 0 Å². The van der Waals surface area contributed by atoms with Crippen molar-refractivity contribution < 1.29 is 19.4 Å². The number of aromatic hydroxyl groups is 1. The number of carbonyl (C=O) groups excluding carboxylic acids is 1. The lowest BCUT2D eigenvalue weighted by atomic mass is 10.0. The molecular weight excluding hydrogens is 342 g/mol. The molecule has 2 aromatic rings. The Labute approximate surface area is 151 Å². The number of methoxy groups -OCH3 is 2. The van der Waals surface area contributed by atoms with Crippen LogP contribution in [0.4, 0.5) is 0 Å². The molecule has 5 nitrogen and oxygen atoms in total. The molecule has 1 aliphatic heterocycles. The van der Waals surface area contributed by atoms with Gasteiger partial charge < -0.3 is 19.5 Å². The van der Waals surface area contributed by atoms with Gasteiger partial charge in [0.25, 0.3) is 5.91 Å². The van der Waals surface area contributed by atoms with Gasteiger partial charge in [-0.3, -0.25) is 4.79 Å². The van der Waals surface area contributed by atoms with E-state index in [1.54, 1.807) is 20.3 Å². The van der Waals surface area contributed by atoms with Gasteiger partial charge in [0.05, 0.1) is 25.3 Å². The third kappa shape index (κ3) is 3.37. The molecule has 6 heteroatoms. The summed E-state index contributed by atoms with van der Waals surface area (Å²) in [4.78, 5) is 14.8. The van der Waals surface area contributed by atoms with E-state index >= 15 is 0 Å². The fourth-order valence-electron chi connectivity index (χ4n) is 3.24. The minimum Gasteiger partial charge on any atom is -0.506 e. The van der Waals surface area contributed by atoms with Crippen molar-refractivity contribution in [2.45, 2.75) is 18.9 Å². The van der Waals surface area contributed by atoms with Crippen molar-refractivity contribution in [3.05, 3.63) is 52.5 Å². The number of hydrogen-bond donors (Lipinski definition) is 1. The van der Waals surface area contributed by atoms with Crippen LogP contribution in [0.15, 0.2) is 36.4 Å². The van der Waals surface area contributed by atoms with E-state index in [0.29, 0.717) is 12.1 Å². The van der Waals surface area contributed by atoms with Gasteiger partial charge in [0.15, 0.2) is 0 Å². The first kappa shape index (κ1) is 17.4.